The number of amides is 1. The van der Waals surface area contributed by atoms with E-state index in [0.29, 0.717) is 6.54 Å². The summed E-state index contributed by atoms with van der Waals surface area (Å²) in [4.78, 5) is 14.0. The molecule has 0 unspecified atom stereocenters. The number of carbonyl (C=O) groups is 1. The van der Waals surface area contributed by atoms with Gasteiger partial charge in [0.15, 0.2) is 0 Å². The van der Waals surface area contributed by atoms with Crippen molar-refractivity contribution in [3.63, 3.8) is 0 Å². The summed E-state index contributed by atoms with van der Waals surface area (Å²) in [5.74, 6) is 0.156. The maximum absolute atomic E-state index is 11.9. The molecule has 0 spiro atoms. The average molecular weight is 218 g/mol. The molecule has 1 amide bonds. The molecule has 1 aliphatic heterocycles. The van der Waals surface area contributed by atoms with Gasteiger partial charge in [0.05, 0.1) is 6.04 Å². The average Bonchev–Trinajstić information content (AvgIpc) is 2.74. The van der Waals surface area contributed by atoms with E-state index in [9.17, 15) is 4.79 Å². The maximum Gasteiger partial charge on any atom is 0.237 e. The molecule has 0 aromatic heterocycles. The van der Waals surface area contributed by atoms with E-state index < -0.39 is 0 Å². The molecule has 1 N–H and O–H groups in total. The molecule has 1 aromatic carbocycles. The maximum atomic E-state index is 11.9. The lowest BCUT2D eigenvalue weighted by Gasteiger charge is -2.18. The molecule has 1 fully saturated rings. The number of carbonyl (C=O) groups excluding carboxylic acids is 1. The topological polar surface area (TPSA) is 32.3 Å². The van der Waals surface area contributed by atoms with Crippen molar-refractivity contribution in [1.29, 1.82) is 0 Å². The highest BCUT2D eigenvalue weighted by Crippen LogP contribution is 2.14. The second-order valence-corrected chi connectivity index (χ2v) is 4.34. The lowest BCUT2D eigenvalue weighted by Crippen LogP contribution is -2.41. The molecule has 0 radical (unpaired) electrons. The summed E-state index contributed by atoms with van der Waals surface area (Å²) >= 11 is 0. The van der Waals surface area contributed by atoms with E-state index >= 15 is 0 Å². The van der Waals surface area contributed by atoms with Crippen molar-refractivity contribution in [2.24, 2.45) is 0 Å². The molecule has 3 nitrogen and oxygen atoms in total. The predicted octanol–water partition coefficient (Wildman–Crippen LogP) is 1.40. The highest BCUT2D eigenvalue weighted by atomic mass is 16.2. The fourth-order valence-corrected chi connectivity index (χ4v) is 2.14. The minimum atomic E-state index is 0.0729. The summed E-state index contributed by atoms with van der Waals surface area (Å²) in [6.45, 7) is 1.66. The van der Waals surface area contributed by atoms with Crippen LogP contribution < -0.4 is 5.32 Å². The minimum Gasteiger partial charge on any atom is -0.351 e. The zero-order valence-corrected chi connectivity index (χ0v) is 9.65. The first-order valence-corrected chi connectivity index (χ1v) is 5.79. The lowest BCUT2D eigenvalue weighted by atomic mass is 10.2. The highest BCUT2D eigenvalue weighted by Gasteiger charge is 2.27. The Morgan fingerprint density at radius 1 is 1.44 bits per heavy atom. The summed E-state index contributed by atoms with van der Waals surface area (Å²) in [5, 5.41) is 2.99. The molecule has 0 bridgehead atoms. The molecule has 3 heteroatoms. The Bertz CT molecular complexity index is 350. The Morgan fingerprint density at radius 2 is 2.19 bits per heavy atom. The molecular weight excluding hydrogens is 200 g/mol. The monoisotopic (exact) mass is 218 g/mol. The predicted molar refractivity (Wildman–Crippen MR) is 63.9 cm³/mol. The van der Waals surface area contributed by atoms with Crippen molar-refractivity contribution >= 4 is 5.91 Å². The normalized spacial score (nSPS) is 20.9. The molecule has 0 aliphatic carbocycles. The fraction of sp³-hybridized carbons (Fsp3) is 0.462. The van der Waals surface area contributed by atoms with Crippen LogP contribution in [0, 0.1) is 0 Å². The summed E-state index contributed by atoms with van der Waals surface area (Å²) in [5.41, 5.74) is 1.15. The zero-order valence-electron chi connectivity index (χ0n) is 9.65. The van der Waals surface area contributed by atoms with E-state index in [0.717, 1.165) is 24.9 Å². The van der Waals surface area contributed by atoms with Gasteiger partial charge in [0, 0.05) is 6.54 Å². The Kier molecular flexibility index (Phi) is 3.57. The van der Waals surface area contributed by atoms with Crippen LogP contribution in [0.5, 0.6) is 0 Å². The molecular formula is C13H18N2O. The highest BCUT2D eigenvalue weighted by molar-refractivity contribution is 5.81. The van der Waals surface area contributed by atoms with Gasteiger partial charge in [-0.2, -0.15) is 0 Å². The Labute approximate surface area is 96.5 Å². The first-order valence-electron chi connectivity index (χ1n) is 5.79. The number of hydrogen-bond acceptors (Lipinski definition) is 2. The van der Waals surface area contributed by atoms with Gasteiger partial charge in [0.2, 0.25) is 5.91 Å². The van der Waals surface area contributed by atoms with Gasteiger partial charge in [-0.15, -0.1) is 0 Å². The van der Waals surface area contributed by atoms with Crippen LogP contribution in [0.4, 0.5) is 0 Å². The van der Waals surface area contributed by atoms with Crippen molar-refractivity contribution in [3.8, 4) is 0 Å². The van der Waals surface area contributed by atoms with Gasteiger partial charge < -0.3 is 5.32 Å². The van der Waals surface area contributed by atoms with Crippen molar-refractivity contribution in [1.82, 2.24) is 10.2 Å². The van der Waals surface area contributed by atoms with E-state index in [1.807, 2.05) is 37.4 Å². The molecule has 16 heavy (non-hydrogen) atoms. The van der Waals surface area contributed by atoms with E-state index in [-0.39, 0.29) is 11.9 Å². The van der Waals surface area contributed by atoms with Crippen molar-refractivity contribution in [2.75, 3.05) is 13.6 Å². The molecule has 2 rings (SSSR count). The summed E-state index contributed by atoms with van der Waals surface area (Å²) in [7, 11) is 2.01. The quantitative estimate of drug-likeness (QED) is 0.831. The van der Waals surface area contributed by atoms with Crippen LogP contribution in [0.25, 0.3) is 0 Å². The number of hydrogen-bond donors (Lipinski definition) is 1. The number of rotatable bonds is 3. The van der Waals surface area contributed by atoms with Gasteiger partial charge in [-0.05, 0) is 32.0 Å². The van der Waals surface area contributed by atoms with Crippen LogP contribution in [-0.4, -0.2) is 30.4 Å². The smallest absolute Gasteiger partial charge is 0.237 e. The second-order valence-electron chi connectivity index (χ2n) is 4.34. The molecule has 1 aromatic rings. The molecule has 1 atom stereocenters. The van der Waals surface area contributed by atoms with E-state index in [4.69, 9.17) is 0 Å². The first-order chi connectivity index (χ1) is 7.77. The van der Waals surface area contributed by atoms with Crippen LogP contribution >= 0.6 is 0 Å². The van der Waals surface area contributed by atoms with E-state index in [2.05, 4.69) is 10.2 Å². The number of likely N-dealkylation sites (N-methyl/N-ethyl adjacent to an activating group) is 1. The molecule has 1 saturated heterocycles. The van der Waals surface area contributed by atoms with E-state index in [1.54, 1.807) is 0 Å². The molecule has 1 aliphatic rings. The van der Waals surface area contributed by atoms with Crippen molar-refractivity contribution in [2.45, 2.75) is 25.4 Å². The summed E-state index contributed by atoms with van der Waals surface area (Å²) in [6.07, 6.45) is 2.11. The molecule has 86 valence electrons. The van der Waals surface area contributed by atoms with Gasteiger partial charge in [0.25, 0.3) is 0 Å². The van der Waals surface area contributed by atoms with Crippen LogP contribution in [0.2, 0.25) is 0 Å². The number of benzene rings is 1. The minimum absolute atomic E-state index is 0.0729. The zero-order chi connectivity index (χ0) is 11.4. The molecule has 1 heterocycles. The SMILES string of the molecule is CN1CCC[C@H]1C(=O)NCc1ccccc1. The summed E-state index contributed by atoms with van der Waals surface area (Å²) in [6, 6.07) is 10.1. The number of nitrogens with zero attached hydrogens (tertiary/aromatic N) is 1. The van der Waals surface area contributed by atoms with Gasteiger partial charge in [-0.25, -0.2) is 0 Å². The largest absolute Gasteiger partial charge is 0.351 e. The molecule has 0 saturated carbocycles. The standard InChI is InChI=1S/C13H18N2O/c1-15-9-5-8-12(15)13(16)14-10-11-6-3-2-4-7-11/h2-4,6-7,12H,5,8-10H2,1H3,(H,14,16)/t12-/m0/s1. The van der Waals surface area contributed by atoms with E-state index in [1.165, 1.54) is 0 Å². The van der Waals surface area contributed by atoms with Crippen LogP contribution in [0.3, 0.4) is 0 Å². The third-order valence-corrected chi connectivity index (χ3v) is 3.13. The van der Waals surface area contributed by atoms with Crippen LogP contribution in [0.1, 0.15) is 18.4 Å². The third kappa shape index (κ3) is 2.61. The number of nitrogens with one attached hydrogen (secondary N) is 1. The third-order valence-electron chi connectivity index (χ3n) is 3.13. The van der Waals surface area contributed by atoms with Gasteiger partial charge >= 0.3 is 0 Å². The van der Waals surface area contributed by atoms with Crippen LogP contribution in [-0.2, 0) is 11.3 Å². The first kappa shape index (κ1) is 11.1. The fourth-order valence-electron chi connectivity index (χ4n) is 2.14. The van der Waals surface area contributed by atoms with Crippen LogP contribution in [0.15, 0.2) is 30.3 Å². The Balaban J connectivity index is 1.84. The number of likely N-dealkylation sites (tertiary alicyclic amines) is 1. The second kappa shape index (κ2) is 5.12. The van der Waals surface area contributed by atoms with Gasteiger partial charge in [0.1, 0.15) is 0 Å². The summed E-state index contributed by atoms with van der Waals surface area (Å²) < 4.78 is 0. The lowest BCUT2D eigenvalue weighted by molar-refractivity contribution is -0.125. The van der Waals surface area contributed by atoms with Crippen molar-refractivity contribution < 1.29 is 4.79 Å². The van der Waals surface area contributed by atoms with Gasteiger partial charge in [-0.1, -0.05) is 30.3 Å². The van der Waals surface area contributed by atoms with Crippen molar-refractivity contribution in [3.05, 3.63) is 35.9 Å². The Hall–Kier alpha value is -1.35. The Morgan fingerprint density at radius 3 is 2.81 bits per heavy atom. The van der Waals surface area contributed by atoms with Gasteiger partial charge in [-0.3, -0.25) is 9.69 Å².